The molecule has 13 heteroatoms. The Morgan fingerprint density at radius 3 is 2.70 bits per heavy atom. The highest BCUT2D eigenvalue weighted by molar-refractivity contribution is 7.91. The molecule has 2 aliphatic heterocycles. The first-order valence-electron chi connectivity index (χ1n) is 17.4. The molecule has 3 heterocycles. The van der Waals surface area contributed by atoms with Crippen molar-refractivity contribution in [1.29, 1.82) is 0 Å². The van der Waals surface area contributed by atoms with Crippen molar-refractivity contribution < 1.29 is 31.9 Å². The highest BCUT2D eigenvalue weighted by atomic mass is 32.2. The second kappa shape index (κ2) is 13.3. The highest BCUT2D eigenvalue weighted by Gasteiger charge is 2.63. The molecule has 3 aromatic rings. The zero-order valence-corrected chi connectivity index (χ0v) is 28.8. The molecule has 50 heavy (non-hydrogen) atoms. The summed E-state index contributed by atoms with van der Waals surface area (Å²) in [7, 11) is -3.96. The Bertz CT molecular complexity index is 1950. The summed E-state index contributed by atoms with van der Waals surface area (Å²) in [5.41, 5.74) is -1.03. The number of nitrogens with zero attached hydrogens (tertiary/aromatic N) is 2. The first kappa shape index (κ1) is 34.0. The molecule has 1 aromatic heterocycles. The lowest BCUT2D eigenvalue weighted by Gasteiger charge is -2.30. The van der Waals surface area contributed by atoms with Crippen LogP contribution in [0, 0.1) is 11.7 Å². The maximum Gasteiger partial charge on any atom is 0.259 e. The topological polar surface area (TPSA) is 147 Å². The number of rotatable bonds is 7. The largest absolute Gasteiger partial charge is 0.472 e. The normalized spacial score (nSPS) is 28.6. The molecule has 264 valence electrons. The summed E-state index contributed by atoms with van der Waals surface area (Å²) in [6, 6.07) is 13.6. The number of anilines is 1. The predicted octanol–water partition coefficient (Wildman–Crippen LogP) is 4.60. The molecule has 3 N–H and O–H groups in total. The molecule has 11 nitrogen and oxygen atoms in total. The summed E-state index contributed by atoms with van der Waals surface area (Å²) >= 11 is 0. The Morgan fingerprint density at radius 2 is 1.90 bits per heavy atom. The number of pyridine rings is 1. The summed E-state index contributed by atoms with van der Waals surface area (Å²) in [4.78, 5) is 48.5. The Balaban J connectivity index is 1.20. The van der Waals surface area contributed by atoms with E-state index in [0.717, 1.165) is 30.0 Å². The van der Waals surface area contributed by atoms with Crippen molar-refractivity contribution in [3.8, 4) is 5.88 Å². The molecule has 3 amide bonds. The van der Waals surface area contributed by atoms with Gasteiger partial charge in [0.05, 0.1) is 11.3 Å². The van der Waals surface area contributed by atoms with Crippen LogP contribution in [0.15, 0.2) is 72.9 Å². The van der Waals surface area contributed by atoms with Crippen LogP contribution in [0.4, 0.5) is 10.1 Å². The zero-order chi connectivity index (χ0) is 35.1. The van der Waals surface area contributed by atoms with E-state index in [4.69, 9.17) is 4.74 Å². The Labute approximate surface area is 291 Å². The second-order valence-corrected chi connectivity index (χ2v) is 16.4. The van der Waals surface area contributed by atoms with Crippen LogP contribution in [0.2, 0.25) is 0 Å². The van der Waals surface area contributed by atoms with Crippen molar-refractivity contribution in [2.24, 2.45) is 5.92 Å². The lowest BCUT2D eigenvalue weighted by Crippen LogP contribution is -2.58. The number of sulfonamides is 1. The minimum absolute atomic E-state index is 0.0679. The van der Waals surface area contributed by atoms with E-state index >= 15 is 0 Å². The van der Waals surface area contributed by atoms with Crippen LogP contribution in [-0.2, 0) is 24.4 Å². The fourth-order valence-corrected chi connectivity index (χ4v) is 8.38. The number of carbonyl (C=O) groups is 3. The number of halogens is 1. The lowest BCUT2D eigenvalue weighted by molar-refractivity contribution is -0.140. The average molecular weight is 704 g/mol. The van der Waals surface area contributed by atoms with Crippen molar-refractivity contribution in [2.75, 3.05) is 11.9 Å². The molecule has 2 aliphatic carbocycles. The molecule has 1 saturated heterocycles. The molecule has 0 spiro atoms. The van der Waals surface area contributed by atoms with Crippen LogP contribution in [0.25, 0.3) is 10.8 Å². The monoisotopic (exact) mass is 703 g/mol. The molecular weight excluding hydrogens is 662 g/mol. The van der Waals surface area contributed by atoms with Gasteiger partial charge in [-0.3, -0.25) is 19.1 Å². The van der Waals surface area contributed by atoms with Gasteiger partial charge in [0.2, 0.25) is 27.7 Å². The Kier molecular flexibility index (Phi) is 9.04. The maximum atomic E-state index is 14.5. The van der Waals surface area contributed by atoms with Crippen molar-refractivity contribution in [1.82, 2.24) is 19.9 Å². The fraction of sp³-hybridized carbons (Fsp3) is 0.459. The molecule has 3 fully saturated rings. The second-order valence-electron chi connectivity index (χ2n) is 14.2. The van der Waals surface area contributed by atoms with Crippen LogP contribution in [0.1, 0.15) is 64.7 Å². The molecule has 0 unspecified atom stereocenters. The molecule has 5 atom stereocenters. The number of hydrogen-bond acceptors (Lipinski definition) is 8. The molecule has 0 bridgehead atoms. The minimum atomic E-state index is -3.96. The SMILES string of the molecule is CC1(S(=O)(=O)NC(=O)[C@@]23C[C@@H]2/C=C\CCCCC[C@H](Nc2cccc(F)c2)C(=O)N2C[C@H](Oc4nccc5ccccc45)C[C@H]2C(=O)N3)CC1. The maximum absolute atomic E-state index is 14.5. The van der Waals surface area contributed by atoms with Crippen molar-refractivity contribution >= 4 is 44.2 Å². The molecule has 4 aliphatic rings. The van der Waals surface area contributed by atoms with E-state index in [2.05, 4.69) is 20.3 Å². The van der Waals surface area contributed by atoms with Crippen molar-refractivity contribution in [3.63, 3.8) is 0 Å². The molecule has 0 radical (unpaired) electrons. The number of nitrogens with one attached hydrogen (secondary N) is 3. The van der Waals surface area contributed by atoms with Gasteiger partial charge in [0.1, 0.15) is 29.5 Å². The zero-order valence-electron chi connectivity index (χ0n) is 27.9. The predicted molar refractivity (Wildman–Crippen MR) is 186 cm³/mol. The van der Waals surface area contributed by atoms with E-state index < -0.39 is 62.0 Å². The first-order chi connectivity index (χ1) is 24.0. The minimum Gasteiger partial charge on any atom is -0.472 e. The van der Waals surface area contributed by atoms with Gasteiger partial charge in [-0.1, -0.05) is 49.3 Å². The third kappa shape index (κ3) is 6.79. The highest BCUT2D eigenvalue weighted by Crippen LogP contribution is 2.47. The van der Waals surface area contributed by atoms with Gasteiger partial charge < -0.3 is 20.3 Å². The van der Waals surface area contributed by atoms with Crippen LogP contribution in [0.3, 0.4) is 0 Å². The summed E-state index contributed by atoms with van der Waals surface area (Å²) in [6.07, 6.45) is 9.69. The van der Waals surface area contributed by atoms with Gasteiger partial charge in [0.25, 0.3) is 5.91 Å². The molecule has 2 saturated carbocycles. The quantitative estimate of drug-likeness (QED) is 0.303. The van der Waals surface area contributed by atoms with E-state index in [1.807, 2.05) is 42.5 Å². The summed E-state index contributed by atoms with van der Waals surface area (Å²) < 4.78 is 48.0. The van der Waals surface area contributed by atoms with E-state index in [0.29, 0.717) is 37.3 Å². The number of ether oxygens (including phenoxy) is 1. The van der Waals surface area contributed by atoms with Gasteiger partial charge in [0, 0.05) is 29.6 Å². The standard InChI is InChI=1S/C37H42FN5O6S/c1-36(17-18-36)50(47,48)42-35(46)37-22-25(37)11-5-3-2-4-6-15-30(40-27-13-9-12-26(38)20-27)34(45)43-23-28(21-31(43)32(44)41-37)49-33-29-14-8-7-10-24(29)16-19-39-33/h5,7-14,16,19-20,25,28,30-31,40H,2-4,6,15,17-18,21-23H2,1H3,(H,41,44)(H,42,46)/b11-5-/t25-,28+,30-,31-,37+/m0/s1. The number of allylic oxidation sites excluding steroid dienone is 1. The van der Waals surface area contributed by atoms with Gasteiger partial charge >= 0.3 is 0 Å². The van der Waals surface area contributed by atoms with E-state index in [1.165, 1.54) is 17.0 Å². The summed E-state index contributed by atoms with van der Waals surface area (Å²) in [6.45, 7) is 1.67. The van der Waals surface area contributed by atoms with Gasteiger partial charge in [-0.25, -0.2) is 17.8 Å². The van der Waals surface area contributed by atoms with Gasteiger partial charge in [-0.15, -0.1) is 0 Å². The van der Waals surface area contributed by atoms with E-state index in [1.54, 1.807) is 25.3 Å². The molecular formula is C37H42FN5O6S. The van der Waals surface area contributed by atoms with Gasteiger partial charge in [0.15, 0.2) is 0 Å². The third-order valence-electron chi connectivity index (χ3n) is 10.6. The smallest absolute Gasteiger partial charge is 0.259 e. The lowest BCUT2D eigenvalue weighted by atomic mass is 10.0. The van der Waals surface area contributed by atoms with Crippen LogP contribution in [0.5, 0.6) is 5.88 Å². The number of carbonyl (C=O) groups excluding carboxylic acids is 3. The number of benzene rings is 2. The number of fused-ring (bicyclic) bond motifs is 3. The number of aromatic nitrogens is 1. The van der Waals surface area contributed by atoms with E-state index in [9.17, 15) is 27.2 Å². The first-order valence-corrected chi connectivity index (χ1v) is 18.8. The van der Waals surface area contributed by atoms with Crippen LogP contribution < -0.4 is 20.1 Å². The van der Waals surface area contributed by atoms with Crippen LogP contribution >= 0.6 is 0 Å². The van der Waals surface area contributed by atoms with Gasteiger partial charge in [-0.2, -0.15) is 0 Å². The van der Waals surface area contributed by atoms with Crippen molar-refractivity contribution in [2.45, 2.75) is 93.2 Å². The number of hydrogen-bond donors (Lipinski definition) is 3. The number of amides is 3. The van der Waals surface area contributed by atoms with Crippen molar-refractivity contribution in [3.05, 3.63) is 78.8 Å². The average Bonchev–Trinajstić information content (AvgIpc) is 3.97. The molecule has 2 aromatic carbocycles. The summed E-state index contributed by atoms with van der Waals surface area (Å²) in [5.74, 6) is -2.17. The van der Waals surface area contributed by atoms with Gasteiger partial charge in [-0.05, 0) is 81.2 Å². The van der Waals surface area contributed by atoms with E-state index in [-0.39, 0.29) is 25.3 Å². The Hall–Kier alpha value is -4.52. The molecule has 7 rings (SSSR count). The Morgan fingerprint density at radius 1 is 1.08 bits per heavy atom. The fourth-order valence-electron chi connectivity index (χ4n) is 7.07. The van der Waals surface area contributed by atoms with Crippen LogP contribution in [-0.4, -0.2) is 71.0 Å². The third-order valence-corrected chi connectivity index (χ3v) is 12.7. The summed E-state index contributed by atoms with van der Waals surface area (Å²) in [5, 5.41) is 7.83.